The monoisotopic (exact) mass is 317 g/mol. The van der Waals surface area contributed by atoms with Gasteiger partial charge in [0, 0.05) is 25.8 Å². The fourth-order valence-electron chi connectivity index (χ4n) is 2.91. The van der Waals surface area contributed by atoms with E-state index in [1.165, 1.54) is 0 Å². The lowest BCUT2D eigenvalue weighted by Gasteiger charge is -2.33. The number of piperidine rings is 1. The van der Waals surface area contributed by atoms with E-state index in [1.54, 1.807) is 14.2 Å². The Bertz CT molecular complexity index is 618. The summed E-state index contributed by atoms with van der Waals surface area (Å²) in [6, 6.07) is 7.73. The molecule has 0 saturated carbocycles. The lowest BCUT2D eigenvalue weighted by Crippen LogP contribution is -2.38. The number of hydrogen-bond donors (Lipinski definition) is 0. The van der Waals surface area contributed by atoms with Crippen LogP contribution in [0.2, 0.25) is 0 Å². The topological polar surface area (TPSA) is 60.6 Å². The van der Waals surface area contributed by atoms with E-state index in [-0.39, 0.29) is 6.04 Å². The molecule has 3 rings (SSSR count). The van der Waals surface area contributed by atoms with Crippen LogP contribution in [0.5, 0.6) is 5.75 Å². The Morgan fingerprint density at radius 3 is 2.43 bits per heavy atom. The molecule has 6 heteroatoms. The first kappa shape index (κ1) is 16.0. The Morgan fingerprint density at radius 2 is 1.83 bits per heavy atom. The zero-order valence-electron chi connectivity index (χ0n) is 13.9. The number of likely N-dealkylation sites (tertiary alicyclic amines) is 1. The Labute approximate surface area is 136 Å². The van der Waals surface area contributed by atoms with Crippen LogP contribution in [0, 0.1) is 0 Å². The summed E-state index contributed by atoms with van der Waals surface area (Å²) in [5.41, 5.74) is 0.898. The van der Waals surface area contributed by atoms with Gasteiger partial charge in [0.1, 0.15) is 5.75 Å². The number of hydrogen-bond acceptors (Lipinski definition) is 6. The Hall–Kier alpha value is -1.92. The van der Waals surface area contributed by atoms with Gasteiger partial charge in [-0.2, -0.15) is 0 Å². The van der Waals surface area contributed by atoms with Gasteiger partial charge in [-0.15, -0.1) is 10.2 Å². The minimum absolute atomic E-state index is 0.118. The van der Waals surface area contributed by atoms with Gasteiger partial charge in [-0.05, 0) is 44.0 Å². The van der Waals surface area contributed by atoms with E-state index in [0.717, 1.165) is 37.2 Å². The van der Waals surface area contributed by atoms with Crippen LogP contribution in [-0.2, 0) is 4.74 Å². The Balaban J connectivity index is 1.68. The Kier molecular flexibility index (Phi) is 4.93. The molecule has 23 heavy (non-hydrogen) atoms. The largest absolute Gasteiger partial charge is 0.497 e. The third kappa shape index (κ3) is 3.54. The van der Waals surface area contributed by atoms with Gasteiger partial charge >= 0.3 is 0 Å². The molecule has 6 nitrogen and oxygen atoms in total. The zero-order valence-corrected chi connectivity index (χ0v) is 13.9. The van der Waals surface area contributed by atoms with E-state index in [4.69, 9.17) is 13.9 Å². The molecule has 0 unspecified atom stereocenters. The van der Waals surface area contributed by atoms with Gasteiger partial charge in [0.25, 0.3) is 0 Å². The molecule has 0 N–H and O–H groups in total. The van der Waals surface area contributed by atoms with Gasteiger partial charge in [-0.1, -0.05) is 0 Å². The molecule has 1 aromatic carbocycles. The van der Waals surface area contributed by atoms with Crippen molar-refractivity contribution < 1.29 is 13.9 Å². The first-order chi connectivity index (χ1) is 11.2. The molecule has 0 amide bonds. The van der Waals surface area contributed by atoms with Crippen molar-refractivity contribution in [2.75, 3.05) is 27.3 Å². The molecule has 2 aromatic rings. The van der Waals surface area contributed by atoms with Crippen molar-refractivity contribution in [3.05, 3.63) is 30.2 Å². The lowest BCUT2D eigenvalue weighted by molar-refractivity contribution is 0.0256. The second-order valence-electron chi connectivity index (χ2n) is 5.82. The molecule has 1 atom stereocenters. The fraction of sp³-hybridized carbons (Fsp3) is 0.529. The van der Waals surface area contributed by atoms with Gasteiger partial charge in [0.2, 0.25) is 11.8 Å². The van der Waals surface area contributed by atoms with Crippen LogP contribution in [0.4, 0.5) is 0 Å². The SMILES string of the molecule is COc1ccc(-c2nnc([C@@H](C)N3CCC(OC)CC3)o2)cc1. The van der Waals surface area contributed by atoms with Gasteiger partial charge in [0.05, 0.1) is 19.3 Å². The smallest absolute Gasteiger partial charge is 0.247 e. The summed E-state index contributed by atoms with van der Waals surface area (Å²) in [5.74, 6) is 2.01. The molecule has 1 aliphatic heterocycles. The maximum Gasteiger partial charge on any atom is 0.247 e. The predicted molar refractivity (Wildman–Crippen MR) is 86.3 cm³/mol. The minimum atomic E-state index is 0.118. The number of aromatic nitrogens is 2. The first-order valence-electron chi connectivity index (χ1n) is 7.96. The summed E-state index contributed by atoms with van der Waals surface area (Å²) in [7, 11) is 3.43. The normalized spacial score (nSPS) is 18.0. The van der Waals surface area contributed by atoms with Crippen molar-refractivity contribution >= 4 is 0 Å². The average molecular weight is 317 g/mol. The van der Waals surface area contributed by atoms with E-state index in [1.807, 2.05) is 24.3 Å². The van der Waals surface area contributed by atoms with Crippen LogP contribution < -0.4 is 4.74 Å². The van der Waals surface area contributed by atoms with E-state index < -0.39 is 0 Å². The van der Waals surface area contributed by atoms with E-state index in [2.05, 4.69) is 22.0 Å². The lowest BCUT2D eigenvalue weighted by atomic mass is 10.1. The number of rotatable bonds is 5. The van der Waals surface area contributed by atoms with Gasteiger partial charge in [-0.25, -0.2) is 0 Å². The van der Waals surface area contributed by atoms with Gasteiger partial charge < -0.3 is 13.9 Å². The van der Waals surface area contributed by atoms with Crippen molar-refractivity contribution in [1.29, 1.82) is 0 Å². The third-order valence-corrected chi connectivity index (χ3v) is 4.49. The summed E-state index contributed by atoms with van der Waals surface area (Å²) >= 11 is 0. The van der Waals surface area contributed by atoms with Gasteiger partial charge in [0.15, 0.2) is 0 Å². The maximum absolute atomic E-state index is 5.88. The second kappa shape index (κ2) is 7.10. The highest BCUT2D eigenvalue weighted by Gasteiger charge is 2.26. The van der Waals surface area contributed by atoms with E-state index >= 15 is 0 Å². The first-order valence-corrected chi connectivity index (χ1v) is 7.96. The van der Waals surface area contributed by atoms with Crippen molar-refractivity contribution in [2.24, 2.45) is 0 Å². The van der Waals surface area contributed by atoms with Crippen LogP contribution in [-0.4, -0.2) is 48.5 Å². The van der Waals surface area contributed by atoms with Crippen molar-refractivity contribution in [2.45, 2.75) is 31.9 Å². The molecule has 0 aliphatic carbocycles. The third-order valence-electron chi connectivity index (χ3n) is 4.49. The number of methoxy groups -OCH3 is 2. The van der Waals surface area contributed by atoms with Gasteiger partial charge in [-0.3, -0.25) is 4.90 Å². The van der Waals surface area contributed by atoms with E-state index in [9.17, 15) is 0 Å². The summed E-state index contributed by atoms with van der Waals surface area (Å²) in [6.07, 6.45) is 2.46. The van der Waals surface area contributed by atoms with Crippen LogP contribution in [0.3, 0.4) is 0 Å². The fourth-order valence-corrected chi connectivity index (χ4v) is 2.91. The molecule has 1 saturated heterocycles. The standard InChI is InChI=1S/C17H23N3O3/c1-12(20-10-8-15(22-3)9-11-20)16-18-19-17(23-16)13-4-6-14(21-2)7-5-13/h4-7,12,15H,8-11H2,1-3H3/t12-/m1/s1. The van der Waals surface area contributed by atoms with Crippen LogP contribution in [0.15, 0.2) is 28.7 Å². The maximum atomic E-state index is 5.88. The molecule has 1 aliphatic rings. The van der Waals surface area contributed by atoms with Crippen molar-refractivity contribution in [3.63, 3.8) is 0 Å². The number of nitrogens with zero attached hydrogens (tertiary/aromatic N) is 3. The van der Waals surface area contributed by atoms with Crippen molar-refractivity contribution in [3.8, 4) is 17.2 Å². The second-order valence-corrected chi connectivity index (χ2v) is 5.82. The Morgan fingerprint density at radius 1 is 1.13 bits per heavy atom. The molecular weight excluding hydrogens is 294 g/mol. The summed E-state index contributed by atoms with van der Waals surface area (Å²) < 4.78 is 16.5. The highest BCUT2D eigenvalue weighted by molar-refractivity contribution is 5.53. The van der Waals surface area contributed by atoms with Crippen LogP contribution >= 0.6 is 0 Å². The summed E-state index contributed by atoms with van der Waals surface area (Å²) in [4.78, 5) is 2.36. The van der Waals surface area contributed by atoms with E-state index in [0.29, 0.717) is 17.9 Å². The quantitative estimate of drug-likeness (QED) is 0.845. The molecule has 124 valence electrons. The molecule has 1 fully saturated rings. The van der Waals surface area contributed by atoms with Crippen molar-refractivity contribution in [1.82, 2.24) is 15.1 Å². The van der Waals surface area contributed by atoms with Crippen LogP contribution in [0.1, 0.15) is 31.7 Å². The highest BCUT2D eigenvalue weighted by Crippen LogP contribution is 2.27. The number of benzene rings is 1. The molecular formula is C17H23N3O3. The molecule has 2 heterocycles. The zero-order chi connectivity index (χ0) is 16.2. The molecule has 0 bridgehead atoms. The average Bonchev–Trinajstić information content (AvgIpc) is 3.11. The predicted octanol–water partition coefficient (Wildman–Crippen LogP) is 2.92. The summed E-state index contributed by atoms with van der Waals surface area (Å²) in [6.45, 7) is 4.08. The molecule has 0 radical (unpaired) electrons. The number of ether oxygens (including phenoxy) is 2. The highest BCUT2D eigenvalue weighted by atomic mass is 16.5. The molecule has 0 spiro atoms. The summed E-state index contributed by atoms with van der Waals surface area (Å²) in [5, 5.41) is 8.41. The van der Waals surface area contributed by atoms with Crippen LogP contribution in [0.25, 0.3) is 11.5 Å². The minimum Gasteiger partial charge on any atom is -0.497 e. The molecule has 1 aromatic heterocycles.